The summed E-state index contributed by atoms with van der Waals surface area (Å²) in [6, 6.07) is 7.05. The topological polar surface area (TPSA) is 92.6 Å². The van der Waals surface area contributed by atoms with Gasteiger partial charge in [-0.25, -0.2) is 13.8 Å². The van der Waals surface area contributed by atoms with Gasteiger partial charge in [-0.2, -0.15) is 23.5 Å². The van der Waals surface area contributed by atoms with Gasteiger partial charge in [0.25, 0.3) is 0 Å². The van der Waals surface area contributed by atoms with Gasteiger partial charge in [0.2, 0.25) is 11.6 Å². The first-order chi connectivity index (χ1) is 17.1. The van der Waals surface area contributed by atoms with Gasteiger partial charge in [-0.05, 0) is 24.6 Å². The van der Waals surface area contributed by atoms with E-state index in [9.17, 15) is 14.0 Å². The number of morpholine rings is 1. The highest BCUT2D eigenvalue weighted by atomic mass is 19.3. The van der Waals surface area contributed by atoms with Gasteiger partial charge in [-0.1, -0.05) is 12.1 Å². The molecule has 8 nitrogen and oxygen atoms in total. The summed E-state index contributed by atoms with van der Waals surface area (Å²) in [4.78, 5) is 6.45. The van der Waals surface area contributed by atoms with Gasteiger partial charge in [0.1, 0.15) is 11.9 Å². The summed E-state index contributed by atoms with van der Waals surface area (Å²) >= 11 is 0. The van der Waals surface area contributed by atoms with E-state index in [4.69, 9.17) is 4.74 Å². The van der Waals surface area contributed by atoms with Crippen LogP contribution in [0.25, 0.3) is 0 Å². The van der Waals surface area contributed by atoms with Crippen molar-refractivity contribution in [3.05, 3.63) is 47.7 Å². The fraction of sp³-hybridized carbons (Fsp3) is 0.522. The maximum Gasteiger partial charge on any atom is 0.312 e. The number of aliphatic imine (C=N–C) groups is 1. The Morgan fingerprint density at radius 1 is 1.25 bits per heavy atom. The third-order valence-corrected chi connectivity index (χ3v) is 6.58. The van der Waals surface area contributed by atoms with Crippen molar-refractivity contribution in [3.8, 4) is 6.07 Å². The highest BCUT2D eigenvalue weighted by Crippen LogP contribution is 2.45. The highest BCUT2D eigenvalue weighted by Gasteiger charge is 2.65. The number of hydrogen-bond donors (Lipinski definition) is 2. The molecule has 0 radical (unpaired) electrons. The number of nitriles is 1. The molecule has 194 valence electrons. The third kappa shape index (κ3) is 4.93. The molecule has 3 unspecified atom stereocenters. The molecule has 0 spiro atoms. The Hall–Kier alpha value is -3.08. The van der Waals surface area contributed by atoms with E-state index in [0.717, 1.165) is 11.0 Å². The van der Waals surface area contributed by atoms with Crippen LogP contribution in [0, 0.1) is 29.0 Å². The van der Waals surface area contributed by atoms with Crippen molar-refractivity contribution in [2.24, 2.45) is 10.9 Å². The molecule has 1 aromatic carbocycles. The van der Waals surface area contributed by atoms with E-state index in [1.807, 2.05) is 5.10 Å². The summed E-state index contributed by atoms with van der Waals surface area (Å²) in [7, 11) is 1.21. The van der Waals surface area contributed by atoms with Crippen molar-refractivity contribution in [3.63, 3.8) is 0 Å². The average Bonchev–Trinajstić information content (AvgIpc) is 3.30. The zero-order valence-corrected chi connectivity index (χ0v) is 19.7. The molecule has 2 aliphatic rings. The average molecular weight is 511 g/mol. The van der Waals surface area contributed by atoms with Gasteiger partial charge in [0, 0.05) is 38.8 Å². The van der Waals surface area contributed by atoms with Crippen molar-refractivity contribution >= 4 is 11.7 Å². The molecule has 0 aliphatic carbocycles. The Bertz CT molecular complexity index is 1130. The monoisotopic (exact) mass is 511 g/mol. The van der Waals surface area contributed by atoms with Gasteiger partial charge in [-0.15, -0.1) is 0 Å². The van der Waals surface area contributed by atoms with E-state index in [-0.39, 0.29) is 5.82 Å². The number of rotatable bonds is 6. The Morgan fingerprint density at radius 2 is 1.92 bits per heavy atom. The molecule has 1 aromatic heterocycles. The summed E-state index contributed by atoms with van der Waals surface area (Å²) in [5.41, 5.74) is -2.57. The number of amidine groups is 1. The van der Waals surface area contributed by atoms with Crippen LogP contribution < -0.4 is 10.2 Å². The normalized spacial score (nSPS) is 27.2. The maximum absolute atomic E-state index is 16.4. The first-order valence-electron chi connectivity index (χ1n) is 11.4. The van der Waals surface area contributed by atoms with Crippen LogP contribution in [0.3, 0.4) is 0 Å². The van der Waals surface area contributed by atoms with Crippen LogP contribution >= 0.6 is 0 Å². The summed E-state index contributed by atoms with van der Waals surface area (Å²) in [6.45, 7) is 2.36. The summed E-state index contributed by atoms with van der Waals surface area (Å²) in [5.74, 6) is -8.41. The highest BCUT2D eigenvalue weighted by molar-refractivity contribution is 6.02. The van der Waals surface area contributed by atoms with Crippen LogP contribution in [0.5, 0.6) is 0 Å². The number of aromatic amines is 1. The van der Waals surface area contributed by atoms with E-state index < -0.39 is 53.9 Å². The van der Waals surface area contributed by atoms with E-state index in [1.165, 1.54) is 37.4 Å². The SMILES string of the molecule is CC(NC1N=C(N(C)c2cc(F)[nH]n2)C(F)(F)C(CN2CCOCC2)[C@@]1(F)C#N)c1ccc(F)cc1. The molecule has 2 aromatic rings. The molecule has 2 N–H and O–H groups in total. The lowest BCUT2D eigenvalue weighted by atomic mass is 9.78. The van der Waals surface area contributed by atoms with Gasteiger partial charge >= 0.3 is 5.92 Å². The lowest BCUT2D eigenvalue weighted by molar-refractivity contribution is -0.0947. The third-order valence-electron chi connectivity index (χ3n) is 6.58. The number of alkyl halides is 3. The Kier molecular flexibility index (Phi) is 7.31. The number of halogens is 5. The van der Waals surface area contributed by atoms with E-state index >= 15 is 13.2 Å². The lowest BCUT2D eigenvalue weighted by Gasteiger charge is -2.46. The van der Waals surface area contributed by atoms with Crippen molar-refractivity contribution in [1.29, 1.82) is 5.26 Å². The van der Waals surface area contributed by atoms with E-state index in [2.05, 4.69) is 15.4 Å². The minimum Gasteiger partial charge on any atom is -0.379 e. The van der Waals surface area contributed by atoms with E-state index in [0.29, 0.717) is 31.9 Å². The fourth-order valence-corrected chi connectivity index (χ4v) is 4.46. The lowest BCUT2D eigenvalue weighted by Crippen LogP contribution is -2.67. The number of hydrogen-bond acceptors (Lipinski definition) is 7. The maximum atomic E-state index is 16.4. The molecule has 2 aliphatic heterocycles. The molecule has 13 heteroatoms. The van der Waals surface area contributed by atoms with Crippen molar-refractivity contribution in [2.75, 3.05) is 44.8 Å². The quantitative estimate of drug-likeness (QED) is 0.580. The van der Waals surface area contributed by atoms with Crippen LogP contribution in [-0.4, -0.2) is 78.6 Å². The minimum absolute atomic E-state index is 0.190. The molecule has 1 fully saturated rings. The summed E-state index contributed by atoms with van der Waals surface area (Å²) in [6.07, 6.45) is -1.71. The number of aromatic nitrogens is 2. The molecule has 0 saturated carbocycles. The van der Waals surface area contributed by atoms with Gasteiger partial charge in [-0.3, -0.25) is 15.3 Å². The summed E-state index contributed by atoms with van der Waals surface area (Å²) in [5, 5.41) is 18.4. The first-order valence-corrected chi connectivity index (χ1v) is 11.4. The van der Waals surface area contributed by atoms with E-state index in [1.54, 1.807) is 11.8 Å². The van der Waals surface area contributed by atoms with Crippen LogP contribution in [-0.2, 0) is 4.74 Å². The van der Waals surface area contributed by atoms with Crippen LogP contribution in [0.1, 0.15) is 18.5 Å². The number of H-pyrrole nitrogens is 1. The second-order valence-corrected chi connectivity index (χ2v) is 8.90. The molecule has 4 rings (SSSR count). The predicted molar refractivity (Wildman–Crippen MR) is 121 cm³/mol. The van der Waals surface area contributed by atoms with Crippen molar-refractivity contribution in [2.45, 2.75) is 30.7 Å². The first kappa shape index (κ1) is 26.0. The second kappa shape index (κ2) is 10.1. The van der Waals surface area contributed by atoms with Crippen molar-refractivity contribution in [1.82, 2.24) is 20.4 Å². The van der Waals surface area contributed by atoms with Crippen molar-refractivity contribution < 1.29 is 26.7 Å². The number of anilines is 1. The molecule has 3 heterocycles. The standard InChI is InChI=1S/C23H26F5N7O/c1-14(15-3-5-16(24)6-4-15)30-20-22(26,13-29)17(12-35-7-9-36-10-8-35)23(27,28)21(31-20)34(2)19-11-18(25)32-33-19/h3-6,11,14,17,20,30H,7-10,12H2,1-2H3,(H,32,33)/t14?,17?,20?,22-/m0/s1. The fourth-order valence-electron chi connectivity index (χ4n) is 4.46. The van der Waals surface area contributed by atoms with Crippen LogP contribution in [0.4, 0.5) is 27.8 Å². The van der Waals surface area contributed by atoms with Crippen LogP contribution in [0.2, 0.25) is 0 Å². The van der Waals surface area contributed by atoms with Gasteiger partial charge in [0.05, 0.1) is 19.1 Å². The smallest absolute Gasteiger partial charge is 0.312 e. The molecule has 36 heavy (non-hydrogen) atoms. The van der Waals surface area contributed by atoms with Gasteiger partial charge < -0.3 is 9.64 Å². The molecular weight excluding hydrogens is 485 g/mol. The Balaban J connectivity index is 1.75. The number of ether oxygens (including phenoxy) is 1. The predicted octanol–water partition coefficient (Wildman–Crippen LogP) is 3.03. The Morgan fingerprint density at radius 3 is 2.50 bits per heavy atom. The molecule has 1 saturated heterocycles. The number of nitrogens with one attached hydrogen (secondary N) is 2. The minimum atomic E-state index is -3.91. The number of nitrogens with zero attached hydrogens (tertiary/aromatic N) is 5. The van der Waals surface area contributed by atoms with Gasteiger partial charge in [0.15, 0.2) is 17.8 Å². The molecular formula is C23H26F5N7O. The molecule has 4 atom stereocenters. The second-order valence-electron chi connectivity index (χ2n) is 8.90. The largest absolute Gasteiger partial charge is 0.379 e. The zero-order valence-electron chi connectivity index (χ0n) is 19.7. The Labute approximate surface area is 204 Å². The zero-order chi connectivity index (χ0) is 26.1. The van der Waals surface area contributed by atoms with Crippen LogP contribution in [0.15, 0.2) is 35.3 Å². The number of benzene rings is 1. The summed E-state index contributed by atoms with van der Waals surface area (Å²) < 4.78 is 80.5. The molecule has 0 amide bonds. The molecule has 0 bridgehead atoms.